The van der Waals surface area contributed by atoms with E-state index in [1.807, 2.05) is 0 Å². The first-order valence-electron chi connectivity index (χ1n) is 7.20. The van der Waals surface area contributed by atoms with Crippen LogP contribution in [0.5, 0.6) is 0 Å². The fourth-order valence-corrected chi connectivity index (χ4v) is 2.38. The molecule has 2 heteroatoms. The van der Waals surface area contributed by atoms with Gasteiger partial charge in [-0.15, -0.1) is 0 Å². The van der Waals surface area contributed by atoms with Crippen LogP contribution in [0, 0.1) is 17.8 Å². The lowest BCUT2D eigenvalue weighted by molar-refractivity contribution is -0.125. The molecule has 0 amide bonds. The lowest BCUT2D eigenvalue weighted by atomic mass is 9.80. The van der Waals surface area contributed by atoms with Crippen LogP contribution in [0.15, 0.2) is 0 Å². The first-order chi connectivity index (χ1) is 8.09. The van der Waals surface area contributed by atoms with E-state index >= 15 is 0 Å². The largest absolute Gasteiger partial charge is 0.381 e. The highest BCUT2D eigenvalue weighted by molar-refractivity contribution is 5.81. The van der Waals surface area contributed by atoms with Crippen molar-refractivity contribution in [2.75, 3.05) is 13.2 Å². The first kappa shape index (κ1) is 14.7. The molecule has 2 nitrogen and oxygen atoms in total. The van der Waals surface area contributed by atoms with Crippen LogP contribution in [0.3, 0.4) is 0 Å². The van der Waals surface area contributed by atoms with Gasteiger partial charge in [-0.1, -0.05) is 33.6 Å². The van der Waals surface area contributed by atoms with E-state index in [-0.39, 0.29) is 0 Å². The zero-order chi connectivity index (χ0) is 12.7. The van der Waals surface area contributed by atoms with E-state index in [1.54, 1.807) is 0 Å². The van der Waals surface area contributed by atoms with E-state index in [1.165, 1.54) is 12.8 Å². The Bertz CT molecular complexity index is 215. The fraction of sp³-hybridized carbons (Fsp3) is 0.933. The third-order valence-electron chi connectivity index (χ3n) is 3.80. The standard InChI is InChI=1S/C15H28O2/c1-12(2)8-10-17-11-9-15(16)14-6-4-13(3)5-7-14/h12-14H,4-11H2,1-3H3. The van der Waals surface area contributed by atoms with Crippen molar-refractivity contribution < 1.29 is 9.53 Å². The lowest BCUT2D eigenvalue weighted by Gasteiger charge is -2.25. The fourth-order valence-electron chi connectivity index (χ4n) is 2.38. The van der Waals surface area contributed by atoms with Crippen molar-refractivity contribution in [3.8, 4) is 0 Å². The summed E-state index contributed by atoms with van der Waals surface area (Å²) < 4.78 is 5.51. The minimum absolute atomic E-state index is 0.333. The molecule has 17 heavy (non-hydrogen) atoms. The average molecular weight is 240 g/mol. The average Bonchev–Trinajstić information content (AvgIpc) is 2.29. The summed E-state index contributed by atoms with van der Waals surface area (Å²) in [6.07, 6.45) is 6.37. The number of rotatable bonds is 7. The molecule has 0 radical (unpaired) electrons. The summed E-state index contributed by atoms with van der Waals surface area (Å²) in [5.74, 6) is 2.27. The Labute approximate surface area is 106 Å². The Kier molecular flexibility index (Phi) is 6.79. The maximum Gasteiger partial charge on any atom is 0.138 e. The molecule has 1 aliphatic carbocycles. The topological polar surface area (TPSA) is 26.3 Å². The number of Topliss-reactive ketones (excluding diaryl/α,β-unsaturated/α-hetero) is 1. The molecule has 0 spiro atoms. The van der Waals surface area contributed by atoms with Gasteiger partial charge in [-0.2, -0.15) is 0 Å². The number of hydrogen-bond acceptors (Lipinski definition) is 2. The van der Waals surface area contributed by atoms with E-state index in [0.29, 0.717) is 30.6 Å². The van der Waals surface area contributed by atoms with Gasteiger partial charge in [0.1, 0.15) is 5.78 Å². The van der Waals surface area contributed by atoms with Crippen LogP contribution in [0.1, 0.15) is 59.3 Å². The molecule has 1 rings (SSSR count). The van der Waals surface area contributed by atoms with E-state index in [9.17, 15) is 4.79 Å². The molecule has 100 valence electrons. The summed E-state index contributed by atoms with van der Waals surface area (Å²) in [6, 6.07) is 0. The minimum atomic E-state index is 0.333. The van der Waals surface area contributed by atoms with Crippen LogP contribution in [-0.4, -0.2) is 19.0 Å². The number of ketones is 1. The van der Waals surface area contributed by atoms with Crippen molar-refractivity contribution in [3.05, 3.63) is 0 Å². The molecule has 1 saturated carbocycles. The van der Waals surface area contributed by atoms with Crippen molar-refractivity contribution in [3.63, 3.8) is 0 Å². The number of carbonyl (C=O) groups is 1. The molecule has 1 fully saturated rings. The van der Waals surface area contributed by atoms with Gasteiger partial charge in [0.2, 0.25) is 0 Å². The van der Waals surface area contributed by atoms with Crippen molar-refractivity contribution in [2.45, 2.75) is 59.3 Å². The minimum Gasteiger partial charge on any atom is -0.381 e. The second-order valence-corrected chi connectivity index (χ2v) is 5.97. The monoisotopic (exact) mass is 240 g/mol. The zero-order valence-corrected chi connectivity index (χ0v) is 11.7. The molecular formula is C15H28O2. The second-order valence-electron chi connectivity index (χ2n) is 5.97. The van der Waals surface area contributed by atoms with Gasteiger partial charge in [-0.3, -0.25) is 4.79 Å². The highest BCUT2D eigenvalue weighted by atomic mass is 16.5. The summed E-state index contributed by atoms with van der Waals surface area (Å²) >= 11 is 0. The molecule has 0 unspecified atom stereocenters. The molecule has 0 N–H and O–H groups in total. The third-order valence-corrected chi connectivity index (χ3v) is 3.80. The van der Waals surface area contributed by atoms with Gasteiger partial charge >= 0.3 is 0 Å². The van der Waals surface area contributed by atoms with Crippen LogP contribution in [-0.2, 0) is 9.53 Å². The van der Waals surface area contributed by atoms with Crippen molar-refractivity contribution in [1.29, 1.82) is 0 Å². The van der Waals surface area contributed by atoms with Gasteiger partial charge in [-0.05, 0) is 31.1 Å². The van der Waals surface area contributed by atoms with Crippen LogP contribution >= 0.6 is 0 Å². The highest BCUT2D eigenvalue weighted by Gasteiger charge is 2.23. The Morgan fingerprint density at radius 1 is 1.18 bits per heavy atom. The molecule has 0 aromatic carbocycles. The molecule has 0 atom stereocenters. The van der Waals surface area contributed by atoms with Gasteiger partial charge in [0.25, 0.3) is 0 Å². The normalized spacial score (nSPS) is 25.2. The summed E-state index contributed by atoms with van der Waals surface area (Å²) in [5, 5.41) is 0. The lowest BCUT2D eigenvalue weighted by Crippen LogP contribution is -2.22. The zero-order valence-electron chi connectivity index (χ0n) is 11.7. The van der Waals surface area contributed by atoms with Crippen molar-refractivity contribution >= 4 is 5.78 Å². The first-order valence-corrected chi connectivity index (χ1v) is 7.20. The Morgan fingerprint density at radius 2 is 1.82 bits per heavy atom. The maximum absolute atomic E-state index is 11.9. The van der Waals surface area contributed by atoms with Crippen LogP contribution in [0.25, 0.3) is 0 Å². The summed E-state index contributed by atoms with van der Waals surface area (Å²) in [6.45, 7) is 8.09. The highest BCUT2D eigenvalue weighted by Crippen LogP contribution is 2.29. The molecular weight excluding hydrogens is 212 g/mol. The SMILES string of the molecule is CC(C)CCOCCC(=O)C1CCC(C)CC1. The molecule has 1 aliphatic rings. The van der Waals surface area contributed by atoms with Gasteiger partial charge in [0.05, 0.1) is 6.61 Å². The molecule has 0 aliphatic heterocycles. The predicted octanol–water partition coefficient (Wildman–Crippen LogP) is 3.83. The summed E-state index contributed by atoms with van der Waals surface area (Å²) in [7, 11) is 0. The van der Waals surface area contributed by atoms with Crippen LogP contribution in [0.4, 0.5) is 0 Å². The second kappa shape index (κ2) is 7.86. The number of ether oxygens (including phenoxy) is 1. The summed E-state index contributed by atoms with van der Waals surface area (Å²) in [5.41, 5.74) is 0. The number of hydrogen-bond donors (Lipinski definition) is 0. The van der Waals surface area contributed by atoms with Crippen molar-refractivity contribution in [2.24, 2.45) is 17.8 Å². The van der Waals surface area contributed by atoms with Crippen LogP contribution < -0.4 is 0 Å². The third kappa shape index (κ3) is 6.21. The molecule has 0 bridgehead atoms. The van der Waals surface area contributed by atoms with Crippen LogP contribution in [0.2, 0.25) is 0 Å². The Hall–Kier alpha value is -0.370. The smallest absolute Gasteiger partial charge is 0.138 e. The Balaban J connectivity index is 2.05. The Morgan fingerprint density at radius 3 is 2.41 bits per heavy atom. The quantitative estimate of drug-likeness (QED) is 0.632. The molecule has 0 saturated heterocycles. The van der Waals surface area contributed by atoms with E-state index < -0.39 is 0 Å². The van der Waals surface area contributed by atoms with Gasteiger partial charge < -0.3 is 4.74 Å². The summed E-state index contributed by atoms with van der Waals surface area (Å²) in [4.78, 5) is 11.9. The van der Waals surface area contributed by atoms with E-state index in [2.05, 4.69) is 20.8 Å². The molecule has 0 aromatic heterocycles. The van der Waals surface area contributed by atoms with E-state index in [0.717, 1.165) is 31.8 Å². The predicted molar refractivity (Wildman–Crippen MR) is 71.0 cm³/mol. The van der Waals surface area contributed by atoms with Crippen molar-refractivity contribution in [1.82, 2.24) is 0 Å². The molecule has 0 aromatic rings. The molecule has 0 heterocycles. The van der Waals surface area contributed by atoms with Gasteiger partial charge in [0, 0.05) is 18.9 Å². The van der Waals surface area contributed by atoms with Gasteiger partial charge in [-0.25, -0.2) is 0 Å². The van der Waals surface area contributed by atoms with E-state index in [4.69, 9.17) is 4.74 Å². The number of carbonyl (C=O) groups excluding carboxylic acids is 1. The maximum atomic E-state index is 11.9. The van der Waals surface area contributed by atoms with Gasteiger partial charge in [0.15, 0.2) is 0 Å².